The largest absolute Gasteiger partial charge is 0.284 e. The Morgan fingerprint density at radius 3 is 2.28 bits per heavy atom. The van der Waals surface area contributed by atoms with Crippen LogP contribution in [0.5, 0.6) is 0 Å². The quantitative estimate of drug-likeness (QED) is 0.741. The van der Waals surface area contributed by atoms with E-state index in [1.54, 1.807) is 0 Å². The average molecular weight is 299 g/mol. The molecule has 18 heavy (non-hydrogen) atoms. The Kier molecular flexibility index (Phi) is 2.99. The van der Waals surface area contributed by atoms with E-state index in [1.165, 1.54) is 5.56 Å². The number of hydrogen-bond donors (Lipinski definition) is 1. The van der Waals surface area contributed by atoms with Gasteiger partial charge >= 0.3 is 0 Å². The molecule has 0 saturated carbocycles. The van der Waals surface area contributed by atoms with Gasteiger partial charge in [0.2, 0.25) is 0 Å². The van der Waals surface area contributed by atoms with Crippen molar-refractivity contribution in [2.75, 3.05) is 0 Å². The first kappa shape index (κ1) is 11.2. The number of aromatic amines is 1. The first-order valence-electron chi connectivity index (χ1n) is 5.70. The van der Waals surface area contributed by atoms with Gasteiger partial charge in [-0.25, -0.2) is 0 Å². The summed E-state index contributed by atoms with van der Waals surface area (Å²) in [5.74, 6) is 0. The summed E-state index contributed by atoms with van der Waals surface area (Å²) < 4.78 is 1.07. The summed E-state index contributed by atoms with van der Waals surface area (Å²) >= 11 is 3.44. The highest BCUT2D eigenvalue weighted by molar-refractivity contribution is 9.10. The average Bonchev–Trinajstić information content (AvgIpc) is 2.90. The van der Waals surface area contributed by atoms with Crippen LogP contribution in [0.3, 0.4) is 0 Å². The SMILES string of the molecule is Brc1ccc(-c2n[nH]cc2-c2ccccc2)cc1. The van der Waals surface area contributed by atoms with Crippen LogP contribution in [0, 0.1) is 0 Å². The van der Waals surface area contributed by atoms with E-state index in [4.69, 9.17) is 0 Å². The van der Waals surface area contributed by atoms with Crippen molar-refractivity contribution in [2.45, 2.75) is 0 Å². The lowest BCUT2D eigenvalue weighted by molar-refractivity contribution is 1.10. The molecule has 88 valence electrons. The highest BCUT2D eigenvalue weighted by atomic mass is 79.9. The van der Waals surface area contributed by atoms with Crippen molar-refractivity contribution in [2.24, 2.45) is 0 Å². The second kappa shape index (κ2) is 4.78. The van der Waals surface area contributed by atoms with E-state index in [2.05, 4.69) is 50.4 Å². The topological polar surface area (TPSA) is 28.7 Å². The second-order valence-electron chi connectivity index (χ2n) is 4.02. The molecule has 1 aromatic heterocycles. The highest BCUT2D eigenvalue weighted by Crippen LogP contribution is 2.30. The predicted octanol–water partition coefficient (Wildman–Crippen LogP) is 4.51. The standard InChI is InChI=1S/C15H11BrN2/c16-13-8-6-12(7-9-13)15-14(10-17-18-15)11-4-2-1-3-5-11/h1-10H,(H,17,18). The van der Waals surface area contributed by atoms with Gasteiger partial charge in [0.1, 0.15) is 0 Å². The van der Waals surface area contributed by atoms with Gasteiger partial charge in [0, 0.05) is 21.8 Å². The molecule has 3 heteroatoms. The van der Waals surface area contributed by atoms with Gasteiger partial charge in [-0.15, -0.1) is 0 Å². The molecule has 3 aromatic rings. The van der Waals surface area contributed by atoms with E-state index in [0.29, 0.717) is 0 Å². The molecule has 0 saturated heterocycles. The fraction of sp³-hybridized carbons (Fsp3) is 0. The van der Waals surface area contributed by atoms with E-state index < -0.39 is 0 Å². The molecule has 0 aliphatic heterocycles. The Bertz CT molecular complexity index is 642. The van der Waals surface area contributed by atoms with Crippen LogP contribution in [-0.4, -0.2) is 10.2 Å². The summed E-state index contributed by atoms with van der Waals surface area (Å²) in [6.07, 6.45) is 1.94. The first-order valence-corrected chi connectivity index (χ1v) is 6.49. The minimum Gasteiger partial charge on any atom is -0.284 e. The van der Waals surface area contributed by atoms with Crippen molar-refractivity contribution < 1.29 is 0 Å². The molecule has 0 unspecified atom stereocenters. The summed E-state index contributed by atoms with van der Waals surface area (Å²) in [6, 6.07) is 18.4. The Hall–Kier alpha value is -1.87. The monoisotopic (exact) mass is 298 g/mol. The van der Waals surface area contributed by atoms with Crippen LogP contribution in [0.1, 0.15) is 0 Å². The summed E-state index contributed by atoms with van der Waals surface area (Å²) in [5, 5.41) is 7.30. The molecule has 0 spiro atoms. The van der Waals surface area contributed by atoms with Crippen LogP contribution in [0.2, 0.25) is 0 Å². The van der Waals surface area contributed by atoms with Gasteiger partial charge in [-0.1, -0.05) is 58.4 Å². The van der Waals surface area contributed by atoms with Gasteiger partial charge in [-0.3, -0.25) is 5.10 Å². The third-order valence-corrected chi connectivity index (χ3v) is 3.37. The van der Waals surface area contributed by atoms with Gasteiger partial charge in [-0.2, -0.15) is 5.10 Å². The van der Waals surface area contributed by atoms with E-state index in [1.807, 2.05) is 36.5 Å². The lowest BCUT2D eigenvalue weighted by Crippen LogP contribution is -1.82. The molecule has 0 radical (unpaired) electrons. The minimum absolute atomic E-state index is 0.980. The smallest absolute Gasteiger partial charge is 0.0999 e. The molecular formula is C15H11BrN2. The number of nitrogens with zero attached hydrogens (tertiary/aromatic N) is 1. The molecule has 2 aromatic carbocycles. The lowest BCUT2D eigenvalue weighted by atomic mass is 10.0. The molecule has 0 amide bonds. The second-order valence-corrected chi connectivity index (χ2v) is 4.94. The van der Waals surface area contributed by atoms with Crippen molar-refractivity contribution >= 4 is 15.9 Å². The first-order chi connectivity index (χ1) is 8.84. The molecule has 2 nitrogen and oxygen atoms in total. The number of nitrogens with one attached hydrogen (secondary N) is 1. The van der Waals surface area contributed by atoms with Crippen molar-refractivity contribution in [3.8, 4) is 22.4 Å². The zero-order chi connectivity index (χ0) is 12.4. The summed E-state index contributed by atoms with van der Waals surface area (Å²) in [5.41, 5.74) is 4.38. The third kappa shape index (κ3) is 2.09. The number of rotatable bonds is 2. The zero-order valence-corrected chi connectivity index (χ0v) is 11.2. The third-order valence-electron chi connectivity index (χ3n) is 2.84. The van der Waals surface area contributed by atoms with E-state index in [0.717, 1.165) is 21.3 Å². The van der Waals surface area contributed by atoms with Gasteiger partial charge in [-0.05, 0) is 17.7 Å². The molecular weight excluding hydrogens is 288 g/mol. The molecule has 0 aliphatic carbocycles. The summed E-state index contributed by atoms with van der Waals surface area (Å²) in [4.78, 5) is 0. The van der Waals surface area contributed by atoms with Crippen LogP contribution in [0.25, 0.3) is 22.4 Å². The number of benzene rings is 2. The van der Waals surface area contributed by atoms with Crippen molar-refractivity contribution in [1.29, 1.82) is 0 Å². The Morgan fingerprint density at radius 2 is 1.56 bits per heavy atom. The summed E-state index contributed by atoms with van der Waals surface area (Å²) in [7, 11) is 0. The van der Waals surface area contributed by atoms with Gasteiger partial charge in [0.05, 0.1) is 5.69 Å². The molecule has 0 fully saturated rings. The van der Waals surface area contributed by atoms with Gasteiger partial charge in [0.15, 0.2) is 0 Å². The molecule has 1 N–H and O–H groups in total. The van der Waals surface area contributed by atoms with Crippen LogP contribution in [0.4, 0.5) is 0 Å². The van der Waals surface area contributed by atoms with E-state index in [-0.39, 0.29) is 0 Å². The van der Waals surface area contributed by atoms with Crippen LogP contribution < -0.4 is 0 Å². The fourth-order valence-corrected chi connectivity index (χ4v) is 2.22. The fourth-order valence-electron chi connectivity index (χ4n) is 1.96. The zero-order valence-electron chi connectivity index (χ0n) is 9.60. The van der Waals surface area contributed by atoms with E-state index >= 15 is 0 Å². The molecule has 3 rings (SSSR count). The van der Waals surface area contributed by atoms with Crippen LogP contribution in [0.15, 0.2) is 65.3 Å². The Morgan fingerprint density at radius 1 is 0.833 bits per heavy atom. The van der Waals surface area contributed by atoms with E-state index in [9.17, 15) is 0 Å². The van der Waals surface area contributed by atoms with Crippen molar-refractivity contribution in [3.63, 3.8) is 0 Å². The lowest BCUT2D eigenvalue weighted by Gasteiger charge is -2.02. The number of halogens is 1. The van der Waals surface area contributed by atoms with Crippen LogP contribution >= 0.6 is 15.9 Å². The Labute approximate surface area is 114 Å². The maximum Gasteiger partial charge on any atom is 0.0999 e. The van der Waals surface area contributed by atoms with Crippen molar-refractivity contribution in [3.05, 3.63) is 65.3 Å². The normalized spacial score (nSPS) is 10.5. The Balaban J connectivity index is 2.10. The molecule has 0 bridgehead atoms. The number of aromatic nitrogens is 2. The number of hydrogen-bond acceptors (Lipinski definition) is 1. The van der Waals surface area contributed by atoms with Gasteiger partial charge < -0.3 is 0 Å². The molecule has 0 atom stereocenters. The maximum atomic E-state index is 4.35. The highest BCUT2D eigenvalue weighted by Gasteiger charge is 2.09. The number of H-pyrrole nitrogens is 1. The van der Waals surface area contributed by atoms with Crippen LogP contribution in [-0.2, 0) is 0 Å². The van der Waals surface area contributed by atoms with Gasteiger partial charge in [0.25, 0.3) is 0 Å². The maximum absolute atomic E-state index is 4.35. The predicted molar refractivity (Wildman–Crippen MR) is 77.2 cm³/mol. The molecule has 1 heterocycles. The summed E-state index contributed by atoms with van der Waals surface area (Å²) in [6.45, 7) is 0. The van der Waals surface area contributed by atoms with Crippen molar-refractivity contribution in [1.82, 2.24) is 10.2 Å². The minimum atomic E-state index is 0.980. The molecule has 0 aliphatic rings.